The van der Waals surface area contributed by atoms with Gasteiger partial charge in [-0.2, -0.15) is 0 Å². The van der Waals surface area contributed by atoms with Gasteiger partial charge in [-0.15, -0.1) is 0 Å². The number of likely N-dealkylation sites (N-methyl/N-ethyl adjacent to an activating group) is 1. The highest BCUT2D eigenvalue weighted by Gasteiger charge is 2.12. The third kappa shape index (κ3) is 4.00. The van der Waals surface area contributed by atoms with Gasteiger partial charge in [0, 0.05) is 12.7 Å². The molecule has 0 fully saturated rings. The first-order valence-corrected chi connectivity index (χ1v) is 7.31. The molecule has 114 valence electrons. The average Bonchev–Trinajstić information content (AvgIpc) is 2.51. The van der Waals surface area contributed by atoms with Crippen molar-refractivity contribution in [2.75, 3.05) is 12.4 Å². The summed E-state index contributed by atoms with van der Waals surface area (Å²) in [5.74, 6) is -0.408. The second kappa shape index (κ2) is 7.29. The number of nitrogens with one attached hydrogen (secondary N) is 2. The summed E-state index contributed by atoms with van der Waals surface area (Å²) in [4.78, 5) is 23.5. The highest BCUT2D eigenvalue weighted by atomic mass is 35.5. The lowest BCUT2D eigenvalue weighted by Gasteiger charge is -2.08. The lowest BCUT2D eigenvalue weighted by Crippen LogP contribution is -2.19. The van der Waals surface area contributed by atoms with Gasteiger partial charge in [-0.3, -0.25) is 9.59 Å². The molecule has 22 heavy (non-hydrogen) atoms. The molecular weight excluding hydrogens is 323 g/mol. The van der Waals surface area contributed by atoms with Crippen LogP contribution in [0, 0.1) is 0 Å². The van der Waals surface area contributed by atoms with E-state index in [-0.39, 0.29) is 16.8 Å². The quantitative estimate of drug-likeness (QED) is 0.897. The third-order valence-corrected chi connectivity index (χ3v) is 3.87. The van der Waals surface area contributed by atoms with Crippen LogP contribution in [0.1, 0.15) is 15.9 Å². The van der Waals surface area contributed by atoms with Crippen LogP contribution in [0.2, 0.25) is 10.0 Å². The van der Waals surface area contributed by atoms with Crippen molar-refractivity contribution < 1.29 is 9.59 Å². The summed E-state index contributed by atoms with van der Waals surface area (Å²) in [6.45, 7) is 0. The van der Waals surface area contributed by atoms with Crippen LogP contribution in [0.5, 0.6) is 0 Å². The van der Waals surface area contributed by atoms with Crippen molar-refractivity contribution in [3.05, 3.63) is 63.6 Å². The Balaban J connectivity index is 2.09. The maximum absolute atomic E-state index is 12.2. The molecule has 2 aromatic rings. The molecular formula is C16H14Cl2N2O2. The zero-order valence-corrected chi connectivity index (χ0v) is 13.3. The molecule has 0 bridgehead atoms. The molecule has 6 heteroatoms. The van der Waals surface area contributed by atoms with Gasteiger partial charge in [0.2, 0.25) is 5.91 Å². The van der Waals surface area contributed by atoms with Gasteiger partial charge in [-0.1, -0.05) is 41.4 Å². The topological polar surface area (TPSA) is 58.2 Å². The molecule has 0 aliphatic carbocycles. The van der Waals surface area contributed by atoms with Gasteiger partial charge in [0.05, 0.1) is 22.0 Å². The summed E-state index contributed by atoms with van der Waals surface area (Å²) in [5.41, 5.74) is 1.78. The van der Waals surface area contributed by atoms with Crippen molar-refractivity contribution in [3.63, 3.8) is 0 Å². The number of anilines is 1. The van der Waals surface area contributed by atoms with Crippen molar-refractivity contribution in [2.45, 2.75) is 6.42 Å². The molecule has 0 spiro atoms. The van der Waals surface area contributed by atoms with Crippen LogP contribution < -0.4 is 10.6 Å². The molecule has 0 unspecified atom stereocenters. The van der Waals surface area contributed by atoms with E-state index in [0.717, 1.165) is 5.56 Å². The van der Waals surface area contributed by atoms with Gasteiger partial charge in [-0.25, -0.2) is 0 Å². The summed E-state index contributed by atoms with van der Waals surface area (Å²) >= 11 is 11.9. The number of benzene rings is 2. The van der Waals surface area contributed by atoms with Crippen LogP contribution in [-0.4, -0.2) is 18.9 Å². The first-order valence-electron chi connectivity index (χ1n) is 6.56. The molecule has 2 amide bonds. The highest BCUT2D eigenvalue weighted by Crippen LogP contribution is 2.26. The Morgan fingerprint density at radius 2 is 1.73 bits per heavy atom. The monoisotopic (exact) mass is 336 g/mol. The van der Waals surface area contributed by atoms with E-state index in [9.17, 15) is 9.59 Å². The van der Waals surface area contributed by atoms with Crippen LogP contribution in [-0.2, 0) is 11.2 Å². The summed E-state index contributed by atoms with van der Waals surface area (Å²) in [6, 6.07) is 11.9. The van der Waals surface area contributed by atoms with E-state index in [1.807, 2.05) is 0 Å². The third-order valence-electron chi connectivity index (χ3n) is 3.05. The average molecular weight is 337 g/mol. The fourth-order valence-corrected chi connectivity index (χ4v) is 2.24. The Morgan fingerprint density at radius 1 is 1.05 bits per heavy atom. The Hall–Kier alpha value is -2.04. The Labute approximate surface area is 138 Å². The van der Waals surface area contributed by atoms with Gasteiger partial charge in [0.1, 0.15) is 0 Å². The van der Waals surface area contributed by atoms with Crippen molar-refractivity contribution in [3.8, 4) is 0 Å². The first-order chi connectivity index (χ1) is 10.5. The predicted octanol–water partition coefficient (Wildman–Crippen LogP) is 3.53. The van der Waals surface area contributed by atoms with Crippen LogP contribution >= 0.6 is 23.2 Å². The Bertz CT molecular complexity index is 700. The molecule has 2 aromatic carbocycles. The van der Waals surface area contributed by atoms with Crippen molar-refractivity contribution >= 4 is 40.7 Å². The second-order valence-electron chi connectivity index (χ2n) is 4.60. The number of hydrogen-bond donors (Lipinski definition) is 2. The van der Waals surface area contributed by atoms with Gasteiger partial charge in [-0.05, 0) is 29.8 Å². The Morgan fingerprint density at radius 3 is 2.36 bits per heavy atom. The minimum atomic E-state index is -0.341. The van der Waals surface area contributed by atoms with Crippen molar-refractivity contribution in [1.82, 2.24) is 5.32 Å². The van der Waals surface area contributed by atoms with Crippen LogP contribution in [0.4, 0.5) is 5.69 Å². The normalized spacial score (nSPS) is 10.1. The van der Waals surface area contributed by atoms with E-state index in [1.165, 1.54) is 0 Å². The van der Waals surface area contributed by atoms with Gasteiger partial charge < -0.3 is 10.6 Å². The maximum atomic E-state index is 12.2. The highest BCUT2D eigenvalue weighted by molar-refractivity contribution is 6.44. The van der Waals surface area contributed by atoms with Crippen LogP contribution in [0.25, 0.3) is 0 Å². The van der Waals surface area contributed by atoms with E-state index in [1.54, 1.807) is 49.5 Å². The molecule has 0 aromatic heterocycles. The SMILES string of the molecule is CNC(=O)Cc1ccc(NC(=O)c2cccc(Cl)c2Cl)cc1. The van der Waals surface area contributed by atoms with E-state index < -0.39 is 0 Å². The second-order valence-corrected chi connectivity index (χ2v) is 5.39. The zero-order chi connectivity index (χ0) is 16.1. The number of hydrogen-bond acceptors (Lipinski definition) is 2. The molecule has 0 atom stereocenters. The molecule has 4 nitrogen and oxygen atoms in total. The minimum absolute atomic E-state index is 0.0671. The number of carbonyl (C=O) groups excluding carboxylic acids is 2. The number of halogens is 2. The number of amides is 2. The lowest BCUT2D eigenvalue weighted by atomic mass is 10.1. The standard InChI is InChI=1S/C16H14Cl2N2O2/c1-19-14(21)9-10-5-7-11(8-6-10)20-16(22)12-3-2-4-13(17)15(12)18/h2-8H,9H2,1H3,(H,19,21)(H,20,22). The van der Waals surface area contributed by atoms with Crippen molar-refractivity contribution in [2.24, 2.45) is 0 Å². The number of rotatable bonds is 4. The summed E-state index contributed by atoms with van der Waals surface area (Å²) in [5, 5.41) is 5.84. The van der Waals surface area contributed by atoms with Crippen molar-refractivity contribution in [1.29, 1.82) is 0 Å². The largest absolute Gasteiger partial charge is 0.359 e. The van der Waals surface area contributed by atoms with Gasteiger partial charge in [0.15, 0.2) is 0 Å². The zero-order valence-electron chi connectivity index (χ0n) is 11.8. The predicted molar refractivity (Wildman–Crippen MR) is 88.6 cm³/mol. The molecule has 2 rings (SSSR count). The Kier molecular flexibility index (Phi) is 5.41. The van der Waals surface area contributed by atoms with Crippen LogP contribution in [0.3, 0.4) is 0 Å². The molecule has 0 radical (unpaired) electrons. The first kappa shape index (κ1) is 16.3. The minimum Gasteiger partial charge on any atom is -0.359 e. The molecule has 0 saturated carbocycles. The molecule has 0 aliphatic rings. The van der Waals surface area contributed by atoms with E-state index in [0.29, 0.717) is 22.7 Å². The van der Waals surface area contributed by atoms with E-state index >= 15 is 0 Å². The molecule has 0 aliphatic heterocycles. The van der Waals surface area contributed by atoms with E-state index in [4.69, 9.17) is 23.2 Å². The van der Waals surface area contributed by atoms with Gasteiger partial charge >= 0.3 is 0 Å². The lowest BCUT2D eigenvalue weighted by molar-refractivity contribution is -0.119. The maximum Gasteiger partial charge on any atom is 0.257 e. The molecule has 0 saturated heterocycles. The summed E-state index contributed by atoms with van der Waals surface area (Å²) < 4.78 is 0. The van der Waals surface area contributed by atoms with Gasteiger partial charge in [0.25, 0.3) is 5.91 Å². The number of carbonyl (C=O) groups is 2. The summed E-state index contributed by atoms with van der Waals surface area (Å²) in [6.07, 6.45) is 0.296. The molecule has 0 heterocycles. The fraction of sp³-hybridized carbons (Fsp3) is 0.125. The molecule has 2 N–H and O–H groups in total. The van der Waals surface area contributed by atoms with Crippen LogP contribution in [0.15, 0.2) is 42.5 Å². The van der Waals surface area contributed by atoms with E-state index in [2.05, 4.69) is 10.6 Å². The summed E-state index contributed by atoms with van der Waals surface area (Å²) in [7, 11) is 1.59. The fourth-order valence-electron chi connectivity index (χ4n) is 1.86. The smallest absolute Gasteiger partial charge is 0.257 e.